The highest BCUT2D eigenvalue weighted by molar-refractivity contribution is 7.10. The molecule has 7 heteroatoms. The van der Waals surface area contributed by atoms with E-state index in [1.165, 1.54) is 10.4 Å². The smallest absolute Gasteiger partial charge is 0.244 e. The van der Waals surface area contributed by atoms with Crippen LogP contribution in [0, 0.1) is 23.7 Å². The molecular weight excluding hydrogens is 410 g/mol. The number of thiophene rings is 1. The van der Waals surface area contributed by atoms with E-state index in [0.717, 1.165) is 36.5 Å². The van der Waals surface area contributed by atoms with Gasteiger partial charge in [-0.25, -0.2) is 0 Å². The zero-order chi connectivity index (χ0) is 21.1. The molecule has 3 amide bonds. The molecule has 2 bridgehead atoms. The third kappa shape index (κ3) is 3.02. The van der Waals surface area contributed by atoms with Gasteiger partial charge in [-0.3, -0.25) is 19.3 Å². The first kappa shape index (κ1) is 18.8. The fourth-order valence-electron chi connectivity index (χ4n) is 5.69. The van der Waals surface area contributed by atoms with Crippen LogP contribution in [0.25, 0.3) is 0 Å². The highest BCUT2D eigenvalue weighted by Gasteiger charge is 2.59. The molecule has 1 N–H and O–H groups in total. The number of allylic oxidation sites excluding steroid dienone is 2. The van der Waals surface area contributed by atoms with Crippen LogP contribution in [0.1, 0.15) is 16.9 Å². The SMILES string of the molecule is O=C(CN1C(=O)C2C3C=CC(C3)C2C1=O)Nc1ccc(N2CCc3sccc3C2)cc1. The van der Waals surface area contributed by atoms with E-state index in [1.54, 1.807) is 0 Å². The van der Waals surface area contributed by atoms with Crippen molar-refractivity contribution in [3.8, 4) is 0 Å². The summed E-state index contributed by atoms with van der Waals surface area (Å²) in [5.41, 5.74) is 3.18. The standard InChI is InChI=1S/C24H23N3O3S/c28-20(13-27-23(29)21-14-1-2-15(11-14)22(21)24(27)30)25-17-3-5-18(6-4-17)26-9-7-19-16(12-26)8-10-31-19/h1-6,8,10,14-15,21-22H,7,9,11-13H2,(H,25,28). The maximum Gasteiger partial charge on any atom is 0.244 e. The number of hydrogen-bond acceptors (Lipinski definition) is 5. The predicted molar refractivity (Wildman–Crippen MR) is 119 cm³/mol. The molecule has 4 unspecified atom stereocenters. The number of fused-ring (bicyclic) bond motifs is 6. The molecule has 31 heavy (non-hydrogen) atoms. The summed E-state index contributed by atoms with van der Waals surface area (Å²) < 4.78 is 0. The molecule has 4 atom stereocenters. The van der Waals surface area contributed by atoms with Crippen molar-refractivity contribution >= 4 is 40.4 Å². The molecule has 3 heterocycles. The summed E-state index contributed by atoms with van der Waals surface area (Å²) >= 11 is 1.82. The van der Waals surface area contributed by atoms with Crippen LogP contribution in [-0.2, 0) is 27.3 Å². The van der Waals surface area contributed by atoms with Crippen LogP contribution in [0.5, 0.6) is 0 Å². The molecule has 2 aromatic rings. The second-order valence-corrected chi connectivity index (χ2v) is 9.90. The molecule has 2 aliphatic heterocycles. The Morgan fingerprint density at radius 2 is 1.74 bits per heavy atom. The molecular formula is C24H23N3O3S. The summed E-state index contributed by atoms with van der Waals surface area (Å²) in [6.45, 7) is 1.68. The largest absolute Gasteiger partial charge is 0.367 e. The van der Waals surface area contributed by atoms with Crippen molar-refractivity contribution in [2.24, 2.45) is 23.7 Å². The maximum absolute atomic E-state index is 12.7. The molecule has 0 spiro atoms. The van der Waals surface area contributed by atoms with Gasteiger partial charge in [0.15, 0.2) is 0 Å². The maximum atomic E-state index is 12.7. The van der Waals surface area contributed by atoms with Crippen molar-refractivity contribution in [1.29, 1.82) is 0 Å². The first-order valence-corrected chi connectivity index (χ1v) is 11.7. The topological polar surface area (TPSA) is 69.7 Å². The van der Waals surface area contributed by atoms with Crippen molar-refractivity contribution < 1.29 is 14.4 Å². The number of nitrogens with one attached hydrogen (secondary N) is 1. The summed E-state index contributed by atoms with van der Waals surface area (Å²) in [5, 5.41) is 4.99. The van der Waals surface area contributed by atoms with Crippen molar-refractivity contribution in [3.63, 3.8) is 0 Å². The molecule has 158 valence electrons. The minimum Gasteiger partial charge on any atom is -0.367 e. The zero-order valence-electron chi connectivity index (χ0n) is 17.0. The van der Waals surface area contributed by atoms with E-state index < -0.39 is 0 Å². The summed E-state index contributed by atoms with van der Waals surface area (Å²) in [7, 11) is 0. The van der Waals surface area contributed by atoms with E-state index in [9.17, 15) is 14.4 Å². The Balaban J connectivity index is 1.09. The van der Waals surface area contributed by atoms with E-state index in [4.69, 9.17) is 0 Å². The number of anilines is 2. The van der Waals surface area contributed by atoms with Crippen LogP contribution >= 0.6 is 11.3 Å². The van der Waals surface area contributed by atoms with Gasteiger partial charge in [0, 0.05) is 29.3 Å². The summed E-state index contributed by atoms with van der Waals surface area (Å²) in [6, 6.07) is 9.96. The van der Waals surface area contributed by atoms with Gasteiger partial charge in [-0.1, -0.05) is 12.2 Å². The third-order valence-electron chi connectivity index (χ3n) is 7.19. The summed E-state index contributed by atoms with van der Waals surface area (Å²) in [5.74, 6) is -0.911. The molecule has 0 radical (unpaired) electrons. The minimum atomic E-state index is -0.337. The van der Waals surface area contributed by atoms with Gasteiger partial charge in [-0.2, -0.15) is 0 Å². The van der Waals surface area contributed by atoms with E-state index in [1.807, 2.05) is 35.6 Å². The molecule has 4 aliphatic rings. The van der Waals surface area contributed by atoms with Crippen LogP contribution in [0.4, 0.5) is 11.4 Å². The lowest BCUT2D eigenvalue weighted by molar-refractivity contribution is -0.143. The van der Waals surface area contributed by atoms with Crippen LogP contribution in [0.3, 0.4) is 0 Å². The number of rotatable bonds is 4. The fourth-order valence-corrected chi connectivity index (χ4v) is 6.58. The van der Waals surface area contributed by atoms with Crippen molar-refractivity contribution in [1.82, 2.24) is 4.90 Å². The number of hydrogen-bond donors (Lipinski definition) is 1. The lowest BCUT2D eigenvalue weighted by Gasteiger charge is -2.29. The van der Waals surface area contributed by atoms with Crippen molar-refractivity contribution in [2.45, 2.75) is 19.4 Å². The van der Waals surface area contributed by atoms with Crippen LogP contribution in [0.15, 0.2) is 47.9 Å². The number of amides is 3. The van der Waals surface area contributed by atoms with Gasteiger partial charge in [-0.05, 0) is 66.0 Å². The van der Waals surface area contributed by atoms with Crippen LogP contribution < -0.4 is 10.2 Å². The van der Waals surface area contributed by atoms with Gasteiger partial charge in [0.1, 0.15) is 6.54 Å². The molecule has 2 fully saturated rings. The molecule has 2 aliphatic carbocycles. The number of likely N-dealkylation sites (tertiary alicyclic amines) is 1. The second kappa shape index (κ2) is 7.05. The Hall–Kier alpha value is -2.93. The first-order valence-electron chi connectivity index (χ1n) is 10.8. The Labute approximate surface area is 184 Å². The number of benzene rings is 1. The first-order chi connectivity index (χ1) is 15.1. The third-order valence-corrected chi connectivity index (χ3v) is 8.21. The van der Waals surface area contributed by atoms with Gasteiger partial charge in [0.2, 0.25) is 17.7 Å². The molecule has 6 rings (SSSR count). The minimum absolute atomic E-state index is 0.159. The van der Waals surface area contributed by atoms with E-state index in [-0.39, 0.29) is 47.9 Å². The lowest BCUT2D eigenvalue weighted by atomic mass is 9.85. The van der Waals surface area contributed by atoms with Gasteiger partial charge in [-0.15, -0.1) is 11.3 Å². The van der Waals surface area contributed by atoms with Crippen LogP contribution in [-0.4, -0.2) is 35.7 Å². The van der Waals surface area contributed by atoms with Gasteiger partial charge < -0.3 is 10.2 Å². The Morgan fingerprint density at radius 3 is 2.45 bits per heavy atom. The quantitative estimate of drug-likeness (QED) is 0.594. The second-order valence-electron chi connectivity index (χ2n) is 8.90. The average Bonchev–Trinajstić information content (AvgIpc) is 3.55. The van der Waals surface area contributed by atoms with Crippen molar-refractivity contribution in [2.75, 3.05) is 23.3 Å². The monoisotopic (exact) mass is 433 g/mol. The average molecular weight is 434 g/mol. The Bertz CT molecular complexity index is 1080. The zero-order valence-corrected chi connectivity index (χ0v) is 17.8. The number of carbonyl (C=O) groups is 3. The predicted octanol–water partition coefficient (Wildman–Crippen LogP) is 3.06. The summed E-state index contributed by atoms with van der Waals surface area (Å²) in [4.78, 5) is 43.0. The number of carbonyl (C=O) groups excluding carboxylic acids is 3. The molecule has 6 nitrogen and oxygen atoms in total. The highest BCUT2D eigenvalue weighted by atomic mass is 32.1. The van der Waals surface area contributed by atoms with Gasteiger partial charge in [0.05, 0.1) is 11.8 Å². The van der Waals surface area contributed by atoms with Crippen LogP contribution in [0.2, 0.25) is 0 Å². The van der Waals surface area contributed by atoms with E-state index in [2.05, 4.69) is 33.8 Å². The Kier molecular flexibility index (Phi) is 4.28. The van der Waals surface area contributed by atoms with E-state index >= 15 is 0 Å². The molecule has 1 aromatic carbocycles. The molecule has 1 aromatic heterocycles. The highest BCUT2D eigenvalue weighted by Crippen LogP contribution is 2.52. The summed E-state index contributed by atoms with van der Waals surface area (Å²) in [6.07, 6.45) is 6.07. The van der Waals surface area contributed by atoms with Gasteiger partial charge in [0.25, 0.3) is 0 Å². The fraction of sp³-hybridized carbons (Fsp3) is 0.375. The number of imide groups is 1. The van der Waals surface area contributed by atoms with E-state index in [0.29, 0.717) is 5.69 Å². The molecule has 1 saturated heterocycles. The normalized spacial score (nSPS) is 28.3. The number of nitrogens with zero attached hydrogens (tertiary/aromatic N) is 2. The Morgan fingerprint density at radius 1 is 1.03 bits per heavy atom. The lowest BCUT2D eigenvalue weighted by Crippen LogP contribution is -2.39. The molecule has 1 saturated carbocycles. The van der Waals surface area contributed by atoms with Crippen molar-refractivity contribution in [3.05, 3.63) is 58.3 Å². The van der Waals surface area contributed by atoms with Gasteiger partial charge >= 0.3 is 0 Å².